The number of nitrogens with one attached hydrogen (secondary N) is 1. The highest BCUT2D eigenvalue weighted by molar-refractivity contribution is 7.10. The summed E-state index contributed by atoms with van der Waals surface area (Å²) in [7, 11) is 0. The van der Waals surface area contributed by atoms with Gasteiger partial charge in [0.25, 0.3) is 0 Å². The first-order valence-corrected chi connectivity index (χ1v) is 5.14. The van der Waals surface area contributed by atoms with Gasteiger partial charge in [-0.25, -0.2) is 0 Å². The Hall–Kier alpha value is -1.88. The third-order valence-corrected chi connectivity index (χ3v) is 2.48. The predicted molar refractivity (Wildman–Crippen MR) is 58.5 cm³/mol. The van der Waals surface area contributed by atoms with Crippen LogP contribution in [-0.2, 0) is 4.79 Å². The fourth-order valence-corrected chi connectivity index (χ4v) is 1.61. The number of amides is 1. The molecule has 0 saturated heterocycles. The zero-order valence-corrected chi connectivity index (χ0v) is 8.53. The Bertz CT molecular complexity index is 446. The summed E-state index contributed by atoms with van der Waals surface area (Å²) in [6.07, 6.45) is 6.04. The summed E-state index contributed by atoms with van der Waals surface area (Å²) in [5.74, 6) is -0.202. The van der Waals surface area contributed by atoms with Crippen molar-refractivity contribution >= 4 is 29.0 Å². The smallest absolute Gasteiger partial charge is 0.248 e. The number of rotatable bonds is 3. The molecular formula is C10H8N2O2S. The summed E-state index contributed by atoms with van der Waals surface area (Å²) in [4.78, 5) is 12.4. The molecule has 0 bridgehead atoms. The number of carbonyl (C=O) groups excluding carboxylic acids is 1. The lowest BCUT2D eigenvalue weighted by atomic mass is 10.4. The van der Waals surface area contributed by atoms with Crippen LogP contribution in [0.15, 0.2) is 40.6 Å². The highest BCUT2D eigenvalue weighted by Crippen LogP contribution is 2.10. The molecule has 0 unspecified atom stereocenters. The van der Waals surface area contributed by atoms with Gasteiger partial charge in [-0.2, -0.15) is 0 Å². The normalized spacial score (nSPS) is 10.7. The second-order valence-corrected chi connectivity index (χ2v) is 3.73. The van der Waals surface area contributed by atoms with Crippen molar-refractivity contribution in [3.8, 4) is 0 Å². The molecule has 2 rings (SSSR count). The van der Waals surface area contributed by atoms with E-state index in [9.17, 15) is 4.79 Å². The molecular weight excluding hydrogens is 212 g/mol. The second-order valence-electron chi connectivity index (χ2n) is 2.75. The lowest BCUT2D eigenvalue weighted by Crippen LogP contribution is -2.06. The highest BCUT2D eigenvalue weighted by Gasteiger charge is 1.98. The molecule has 4 nitrogen and oxygen atoms in total. The Morgan fingerprint density at radius 3 is 3.20 bits per heavy atom. The van der Waals surface area contributed by atoms with Gasteiger partial charge in [-0.1, -0.05) is 11.2 Å². The molecule has 15 heavy (non-hydrogen) atoms. The molecule has 0 atom stereocenters. The summed E-state index contributed by atoms with van der Waals surface area (Å²) in [6, 6.07) is 3.87. The molecule has 1 amide bonds. The lowest BCUT2D eigenvalue weighted by molar-refractivity contribution is -0.111. The number of aromatic nitrogens is 1. The number of hydrogen-bond donors (Lipinski definition) is 1. The summed E-state index contributed by atoms with van der Waals surface area (Å²) >= 11 is 1.58. The molecule has 0 aromatic carbocycles. The van der Waals surface area contributed by atoms with Gasteiger partial charge in [-0.15, -0.1) is 11.3 Å². The fraction of sp³-hybridized carbons (Fsp3) is 0. The molecule has 2 aromatic rings. The Morgan fingerprint density at radius 2 is 2.53 bits per heavy atom. The topological polar surface area (TPSA) is 55.1 Å². The molecule has 0 saturated carbocycles. The number of anilines is 1. The maximum absolute atomic E-state index is 11.3. The van der Waals surface area contributed by atoms with Crippen molar-refractivity contribution in [1.29, 1.82) is 0 Å². The minimum atomic E-state index is -0.202. The van der Waals surface area contributed by atoms with E-state index in [1.54, 1.807) is 17.4 Å². The molecule has 5 heteroatoms. The monoisotopic (exact) mass is 220 g/mol. The van der Waals surface area contributed by atoms with E-state index in [1.165, 1.54) is 18.5 Å². The van der Waals surface area contributed by atoms with Crippen LogP contribution in [0.1, 0.15) is 4.88 Å². The van der Waals surface area contributed by atoms with Crippen molar-refractivity contribution in [2.45, 2.75) is 0 Å². The van der Waals surface area contributed by atoms with Crippen molar-refractivity contribution in [2.75, 3.05) is 5.32 Å². The highest BCUT2D eigenvalue weighted by atomic mass is 32.1. The van der Waals surface area contributed by atoms with Crippen molar-refractivity contribution < 1.29 is 9.32 Å². The van der Waals surface area contributed by atoms with Crippen LogP contribution in [0.4, 0.5) is 5.69 Å². The van der Waals surface area contributed by atoms with Crippen LogP contribution in [0.3, 0.4) is 0 Å². The fourth-order valence-electron chi connectivity index (χ4n) is 0.994. The Morgan fingerprint density at radius 1 is 1.60 bits per heavy atom. The van der Waals surface area contributed by atoms with Gasteiger partial charge >= 0.3 is 0 Å². The molecule has 76 valence electrons. The zero-order valence-electron chi connectivity index (χ0n) is 7.71. The van der Waals surface area contributed by atoms with Crippen molar-refractivity contribution in [1.82, 2.24) is 5.16 Å². The third kappa shape index (κ3) is 2.78. The summed E-state index contributed by atoms with van der Waals surface area (Å²) in [5, 5.41) is 8.04. The Kier molecular flexibility index (Phi) is 2.94. The van der Waals surface area contributed by atoms with Crippen LogP contribution in [-0.4, -0.2) is 11.1 Å². The standard InChI is InChI=1S/C10H8N2O2S/c13-10(12-8-6-11-14-7-8)4-3-9-2-1-5-15-9/h1-7H,(H,12,13)/b4-3+. The quantitative estimate of drug-likeness (QED) is 0.808. The van der Waals surface area contributed by atoms with Crippen LogP contribution < -0.4 is 5.32 Å². The van der Waals surface area contributed by atoms with Crippen molar-refractivity contribution in [2.24, 2.45) is 0 Å². The van der Waals surface area contributed by atoms with Crippen LogP contribution in [0.2, 0.25) is 0 Å². The van der Waals surface area contributed by atoms with Gasteiger partial charge in [0.15, 0.2) is 0 Å². The van der Waals surface area contributed by atoms with Crippen LogP contribution >= 0.6 is 11.3 Å². The van der Waals surface area contributed by atoms with Crippen molar-refractivity contribution in [3.63, 3.8) is 0 Å². The third-order valence-electron chi connectivity index (χ3n) is 1.64. The molecule has 0 aliphatic carbocycles. The summed E-state index contributed by atoms with van der Waals surface area (Å²) in [6.45, 7) is 0. The Labute approximate surface area is 90.2 Å². The van der Waals surface area contributed by atoms with Gasteiger partial charge in [0.1, 0.15) is 12.0 Å². The Balaban J connectivity index is 1.93. The average molecular weight is 220 g/mol. The number of carbonyl (C=O) groups is 1. The van der Waals surface area contributed by atoms with E-state index in [4.69, 9.17) is 0 Å². The number of nitrogens with zero attached hydrogens (tertiary/aromatic N) is 1. The van der Waals surface area contributed by atoms with Gasteiger partial charge in [0, 0.05) is 11.0 Å². The average Bonchev–Trinajstić information content (AvgIpc) is 2.86. The lowest BCUT2D eigenvalue weighted by Gasteiger charge is -1.93. The first-order chi connectivity index (χ1) is 7.34. The number of hydrogen-bond acceptors (Lipinski definition) is 4. The number of thiophene rings is 1. The molecule has 0 spiro atoms. The van der Waals surface area contributed by atoms with E-state index in [2.05, 4.69) is 15.0 Å². The summed E-state index contributed by atoms with van der Waals surface area (Å²) < 4.78 is 4.58. The molecule has 2 heterocycles. The van der Waals surface area contributed by atoms with Gasteiger partial charge in [-0.05, 0) is 17.5 Å². The van der Waals surface area contributed by atoms with E-state index in [-0.39, 0.29) is 5.91 Å². The maximum atomic E-state index is 11.3. The molecule has 0 fully saturated rings. The minimum absolute atomic E-state index is 0.202. The van der Waals surface area contributed by atoms with Crippen molar-refractivity contribution in [3.05, 3.63) is 40.9 Å². The van der Waals surface area contributed by atoms with E-state index >= 15 is 0 Å². The van der Waals surface area contributed by atoms with E-state index in [1.807, 2.05) is 17.5 Å². The molecule has 2 aromatic heterocycles. The van der Waals surface area contributed by atoms with E-state index < -0.39 is 0 Å². The first-order valence-electron chi connectivity index (χ1n) is 4.26. The minimum Gasteiger partial charge on any atom is -0.363 e. The van der Waals surface area contributed by atoms with Gasteiger partial charge in [0.2, 0.25) is 5.91 Å². The largest absolute Gasteiger partial charge is 0.363 e. The second kappa shape index (κ2) is 4.56. The first kappa shape index (κ1) is 9.67. The van der Waals surface area contributed by atoms with Gasteiger partial charge in [0.05, 0.1) is 6.20 Å². The van der Waals surface area contributed by atoms with Crippen LogP contribution in [0, 0.1) is 0 Å². The molecule has 0 aliphatic rings. The molecule has 1 N–H and O–H groups in total. The van der Waals surface area contributed by atoms with Gasteiger partial charge in [-0.3, -0.25) is 4.79 Å². The van der Waals surface area contributed by atoms with E-state index in [0.29, 0.717) is 5.69 Å². The molecule has 0 aliphatic heterocycles. The van der Waals surface area contributed by atoms with Crippen LogP contribution in [0.25, 0.3) is 6.08 Å². The predicted octanol–water partition coefficient (Wildman–Crippen LogP) is 2.39. The summed E-state index contributed by atoms with van der Waals surface area (Å²) in [5.41, 5.74) is 0.552. The van der Waals surface area contributed by atoms with Crippen LogP contribution in [0.5, 0.6) is 0 Å². The molecule has 0 radical (unpaired) electrons. The maximum Gasteiger partial charge on any atom is 0.248 e. The van der Waals surface area contributed by atoms with Gasteiger partial charge < -0.3 is 9.84 Å². The SMILES string of the molecule is O=C(/C=C/c1cccs1)Nc1cnoc1. The zero-order chi connectivity index (χ0) is 10.5. The van der Waals surface area contributed by atoms with E-state index in [0.717, 1.165) is 4.88 Å².